The zero-order chi connectivity index (χ0) is 18.5. The van der Waals surface area contributed by atoms with Gasteiger partial charge in [-0.15, -0.1) is 0 Å². The molecular formula is C19H21N3O4. The van der Waals surface area contributed by atoms with Gasteiger partial charge in [0, 0.05) is 26.0 Å². The molecule has 0 aliphatic carbocycles. The van der Waals surface area contributed by atoms with Crippen LogP contribution in [0.15, 0.2) is 42.7 Å². The predicted octanol–water partition coefficient (Wildman–Crippen LogP) is 2.39. The van der Waals surface area contributed by atoms with Crippen molar-refractivity contribution in [2.24, 2.45) is 0 Å². The molecule has 0 bridgehead atoms. The number of benzene rings is 1. The molecule has 0 aliphatic heterocycles. The number of imidazole rings is 1. The third-order valence-corrected chi connectivity index (χ3v) is 3.99. The maximum Gasteiger partial charge on any atom is 0.271 e. The Hall–Kier alpha value is -3.06. The number of rotatable bonds is 7. The summed E-state index contributed by atoms with van der Waals surface area (Å²) >= 11 is 0. The SMILES string of the molecule is COCCNC(=O)c1cn2cc(-c3ccc(OC)c(OC)c3)ccc2n1. The van der Waals surface area contributed by atoms with Gasteiger partial charge in [0.2, 0.25) is 0 Å². The summed E-state index contributed by atoms with van der Waals surface area (Å²) in [6, 6.07) is 9.56. The lowest BCUT2D eigenvalue weighted by Crippen LogP contribution is -2.27. The lowest BCUT2D eigenvalue weighted by molar-refractivity contribution is 0.0932. The van der Waals surface area contributed by atoms with Gasteiger partial charge < -0.3 is 23.9 Å². The largest absolute Gasteiger partial charge is 0.493 e. The predicted molar refractivity (Wildman–Crippen MR) is 97.9 cm³/mol. The Bertz CT molecular complexity index is 920. The van der Waals surface area contributed by atoms with Gasteiger partial charge in [-0.25, -0.2) is 4.98 Å². The highest BCUT2D eigenvalue weighted by Gasteiger charge is 2.12. The highest BCUT2D eigenvalue weighted by molar-refractivity contribution is 5.92. The highest BCUT2D eigenvalue weighted by atomic mass is 16.5. The molecule has 2 aromatic heterocycles. The number of fused-ring (bicyclic) bond motifs is 1. The Morgan fingerprint density at radius 3 is 2.54 bits per heavy atom. The van der Waals surface area contributed by atoms with Gasteiger partial charge in [0.15, 0.2) is 11.5 Å². The summed E-state index contributed by atoms with van der Waals surface area (Å²) in [6.07, 6.45) is 3.64. The fraction of sp³-hybridized carbons (Fsp3) is 0.263. The van der Waals surface area contributed by atoms with Crippen molar-refractivity contribution in [2.75, 3.05) is 34.5 Å². The van der Waals surface area contributed by atoms with Crippen LogP contribution in [0.25, 0.3) is 16.8 Å². The molecule has 1 amide bonds. The van der Waals surface area contributed by atoms with Crippen LogP contribution in [-0.2, 0) is 4.74 Å². The number of methoxy groups -OCH3 is 3. The number of ether oxygens (including phenoxy) is 3. The minimum atomic E-state index is -0.224. The molecule has 0 atom stereocenters. The first-order valence-electron chi connectivity index (χ1n) is 8.14. The number of amides is 1. The first-order valence-corrected chi connectivity index (χ1v) is 8.14. The van der Waals surface area contributed by atoms with Crippen LogP contribution in [-0.4, -0.2) is 49.8 Å². The normalized spacial score (nSPS) is 10.7. The summed E-state index contributed by atoms with van der Waals surface area (Å²) in [5.41, 5.74) is 3.02. The summed E-state index contributed by atoms with van der Waals surface area (Å²) in [5, 5.41) is 2.76. The van der Waals surface area contributed by atoms with Gasteiger partial charge in [0.05, 0.1) is 20.8 Å². The summed E-state index contributed by atoms with van der Waals surface area (Å²) in [7, 11) is 4.80. The zero-order valence-electron chi connectivity index (χ0n) is 15.0. The Kier molecular flexibility index (Phi) is 5.38. The first kappa shape index (κ1) is 17.8. The van der Waals surface area contributed by atoms with Crippen LogP contribution in [0, 0.1) is 0 Å². The Morgan fingerprint density at radius 2 is 1.81 bits per heavy atom. The van der Waals surface area contributed by atoms with Crippen molar-refractivity contribution in [1.29, 1.82) is 0 Å². The van der Waals surface area contributed by atoms with E-state index in [-0.39, 0.29) is 5.91 Å². The molecule has 136 valence electrons. The number of hydrogen-bond donors (Lipinski definition) is 1. The topological polar surface area (TPSA) is 74.1 Å². The Labute approximate surface area is 151 Å². The second-order valence-electron chi connectivity index (χ2n) is 5.63. The Morgan fingerprint density at radius 1 is 1.04 bits per heavy atom. The van der Waals surface area contributed by atoms with Crippen molar-refractivity contribution < 1.29 is 19.0 Å². The van der Waals surface area contributed by atoms with Gasteiger partial charge in [-0.1, -0.05) is 6.07 Å². The fourth-order valence-electron chi connectivity index (χ4n) is 2.64. The fourth-order valence-corrected chi connectivity index (χ4v) is 2.64. The molecule has 2 heterocycles. The summed E-state index contributed by atoms with van der Waals surface area (Å²) in [4.78, 5) is 16.5. The molecule has 0 unspecified atom stereocenters. The molecule has 3 aromatic rings. The number of aromatic nitrogens is 2. The minimum Gasteiger partial charge on any atom is -0.493 e. The van der Waals surface area contributed by atoms with E-state index >= 15 is 0 Å². The molecule has 1 aromatic carbocycles. The summed E-state index contributed by atoms with van der Waals surface area (Å²) < 4.78 is 17.4. The van der Waals surface area contributed by atoms with Crippen LogP contribution < -0.4 is 14.8 Å². The molecule has 7 heteroatoms. The molecule has 1 N–H and O–H groups in total. The number of nitrogens with zero attached hydrogens (tertiary/aromatic N) is 2. The first-order chi connectivity index (χ1) is 12.7. The van der Waals surface area contributed by atoms with Gasteiger partial charge in [0.1, 0.15) is 11.3 Å². The third-order valence-electron chi connectivity index (χ3n) is 3.99. The van der Waals surface area contributed by atoms with Crippen molar-refractivity contribution in [3.63, 3.8) is 0 Å². The summed E-state index contributed by atoms with van der Waals surface area (Å²) in [6.45, 7) is 0.905. The molecule has 0 radical (unpaired) electrons. The molecular weight excluding hydrogens is 334 g/mol. The van der Waals surface area contributed by atoms with Crippen LogP contribution in [0.3, 0.4) is 0 Å². The van der Waals surface area contributed by atoms with E-state index in [9.17, 15) is 4.79 Å². The molecule has 26 heavy (non-hydrogen) atoms. The van der Waals surface area contributed by atoms with E-state index in [1.165, 1.54) is 0 Å². The van der Waals surface area contributed by atoms with Crippen LogP contribution in [0.4, 0.5) is 0 Å². The van der Waals surface area contributed by atoms with E-state index in [1.807, 2.05) is 40.9 Å². The number of carbonyl (C=O) groups excluding carboxylic acids is 1. The van der Waals surface area contributed by atoms with Crippen molar-refractivity contribution in [2.45, 2.75) is 0 Å². The van der Waals surface area contributed by atoms with Crippen molar-refractivity contribution in [3.8, 4) is 22.6 Å². The highest BCUT2D eigenvalue weighted by Crippen LogP contribution is 2.32. The van der Waals surface area contributed by atoms with Crippen LogP contribution >= 0.6 is 0 Å². The smallest absolute Gasteiger partial charge is 0.271 e. The number of carbonyl (C=O) groups is 1. The number of hydrogen-bond acceptors (Lipinski definition) is 5. The molecule has 0 aliphatic rings. The van der Waals surface area contributed by atoms with Crippen LogP contribution in [0.5, 0.6) is 11.5 Å². The van der Waals surface area contributed by atoms with E-state index in [0.717, 1.165) is 11.1 Å². The van der Waals surface area contributed by atoms with E-state index in [1.54, 1.807) is 27.5 Å². The quantitative estimate of drug-likeness (QED) is 0.659. The van der Waals surface area contributed by atoms with Crippen molar-refractivity contribution in [3.05, 3.63) is 48.4 Å². The number of nitrogens with one attached hydrogen (secondary N) is 1. The lowest BCUT2D eigenvalue weighted by Gasteiger charge is -2.10. The average Bonchev–Trinajstić information content (AvgIpc) is 3.11. The van der Waals surface area contributed by atoms with Gasteiger partial charge in [-0.3, -0.25) is 4.79 Å². The van der Waals surface area contributed by atoms with E-state index in [0.29, 0.717) is 36.0 Å². The number of pyridine rings is 1. The molecule has 0 fully saturated rings. The standard InChI is InChI=1S/C19H21N3O4/c1-24-9-8-20-19(23)15-12-22-11-14(5-7-18(22)21-15)13-4-6-16(25-2)17(10-13)26-3/h4-7,10-12H,8-9H2,1-3H3,(H,20,23). The molecule has 7 nitrogen and oxygen atoms in total. The summed E-state index contributed by atoms with van der Waals surface area (Å²) in [5.74, 6) is 1.11. The molecule has 0 saturated heterocycles. The maximum atomic E-state index is 12.1. The van der Waals surface area contributed by atoms with E-state index < -0.39 is 0 Å². The van der Waals surface area contributed by atoms with Gasteiger partial charge in [-0.05, 0) is 35.4 Å². The molecule has 0 saturated carbocycles. The van der Waals surface area contributed by atoms with Gasteiger partial charge >= 0.3 is 0 Å². The third kappa shape index (κ3) is 3.62. The molecule has 3 rings (SSSR count). The van der Waals surface area contributed by atoms with E-state index in [4.69, 9.17) is 14.2 Å². The van der Waals surface area contributed by atoms with Crippen LogP contribution in [0.1, 0.15) is 10.5 Å². The van der Waals surface area contributed by atoms with Gasteiger partial charge in [-0.2, -0.15) is 0 Å². The van der Waals surface area contributed by atoms with Crippen LogP contribution in [0.2, 0.25) is 0 Å². The van der Waals surface area contributed by atoms with Crippen molar-refractivity contribution in [1.82, 2.24) is 14.7 Å². The van der Waals surface area contributed by atoms with Crippen molar-refractivity contribution >= 4 is 11.6 Å². The second kappa shape index (κ2) is 7.88. The average molecular weight is 355 g/mol. The molecule has 0 spiro atoms. The second-order valence-corrected chi connectivity index (χ2v) is 5.63. The maximum absolute atomic E-state index is 12.1. The monoisotopic (exact) mass is 355 g/mol. The van der Waals surface area contributed by atoms with Gasteiger partial charge in [0.25, 0.3) is 5.91 Å². The zero-order valence-corrected chi connectivity index (χ0v) is 15.0. The minimum absolute atomic E-state index is 0.224. The lowest BCUT2D eigenvalue weighted by atomic mass is 10.1. The Balaban J connectivity index is 1.88. The van der Waals surface area contributed by atoms with E-state index in [2.05, 4.69) is 10.3 Å².